The second kappa shape index (κ2) is 8.69. The largest absolute Gasteiger partial charge is 0.497 e. The number of carbonyl (C=O) groups is 1. The van der Waals surface area contributed by atoms with E-state index >= 15 is 0 Å². The average molecular weight is 400 g/mol. The van der Waals surface area contributed by atoms with Crippen molar-refractivity contribution >= 4 is 39.6 Å². The zero-order valence-corrected chi connectivity index (χ0v) is 17.1. The number of fused-ring (bicyclic) bond motifs is 3. The van der Waals surface area contributed by atoms with Crippen LogP contribution >= 0.6 is 0 Å². The monoisotopic (exact) mass is 400 g/mol. The minimum absolute atomic E-state index is 0.132. The first-order valence-electron chi connectivity index (χ1n) is 9.90. The Hall–Kier alpha value is -3.80. The van der Waals surface area contributed by atoms with Crippen LogP contribution in [0.1, 0.15) is 12.5 Å². The molecule has 2 N–H and O–H groups in total. The molecule has 6 nitrogen and oxygen atoms in total. The first-order chi connectivity index (χ1) is 14.7. The quantitative estimate of drug-likeness (QED) is 0.357. The van der Waals surface area contributed by atoms with Gasteiger partial charge in [-0.15, -0.1) is 0 Å². The van der Waals surface area contributed by atoms with Gasteiger partial charge in [0.1, 0.15) is 5.75 Å². The van der Waals surface area contributed by atoms with Crippen molar-refractivity contribution < 1.29 is 9.53 Å². The summed E-state index contributed by atoms with van der Waals surface area (Å²) in [5.41, 5.74) is 6.76. The average Bonchev–Trinajstić information content (AvgIpc) is 3.11. The molecule has 0 atom stereocenters. The number of ether oxygens (including phenoxy) is 1. The zero-order valence-electron chi connectivity index (χ0n) is 17.1. The van der Waals surface area contributed by atoms with E-state index in [9.17, 15) is 4.79 Å². The Kier molecular flexibility index (Phi) is 5.66. The van der Waals surface area contributed by atoms with Gasteiger partial charge < -0.3 is 14.6 Å². The van der Waals surface area contributed by atoms with Crippen molar-refractivity contribution in [2.75, 3.05) is 19.0 Å². The summed E-state index contributed by atoms with van der Waals surface area (Å²) in [4.78, 5) is 12.0. The molecule has 3 aromatic carbocycles. The number of hydrogen-bond donors (Lipinski definition) is 2. The SMILES string of the molecule is CCn1c2ccccc2c2cc(/C=N\NC(=O)CNc3ccc(OC)cc3)ccc21. The maximum absolute atomic E-state index is 12.0. The number of anilines is 1. The Morgan fingerprint density at radius 2 is 1.80 bits per heavy atom. The number of hydrogen-bond acceptors (Lipinski definition) is 4. The molecule has 0 unspecified atom stereocenters. The molecule has 0 saturated heterocycles. The highest BCUT2D eigenvalue weighted by molar-refractivity contribution is 6.09. The van der Waals surface area contributed by atoms with E-state index in [4.69, 9.17) is 4.74 Å². The summed E-state index contributed by atoms with van der Waals surface area (Å²) in [5, 5.41) is 9.56. The van der Waals surface area contributed by atoms with Crippen LogP contribution in [0, 0.1) is 0 Å². The molecule has 30 heavy (non-hydrogen) atoms. The molecule has 6 heteroatoms. The Balaban J connectivity index is 1.42. The van der Waals surface area contributed by atoms with Crippen molar-refractivity contribution in [2.45, 2.75) is 13.5 Å². The van der Waals surface area contributed by atoms with Gasteiger partial charge in [-0.1, -0.05) is 24.3 Å². The molecule has 0 spiro atoms. The van der Waals surface area contributed by atoms with Crippen molar-refractivity contribution in [1.29, 1.82) is 0 Å². The predicted molar refractivity (Wildman–Crippen MR) is 122 cm³/mol. The maximum atomic E-state index is 12.0. The van der Waals surface area contributed by atoms with Gasteiger partial charge in [-0.3, -0.25) is 4.79 Å². The van der Waals surface area contributed by atoms with E-state index in [1.54, 1.807) is 13.3 Å². The number of carbonyl (C=O) groups excluding carboxylic acids is 1. The summed E-state index contributed by atoms with van der Waals surface area (Å²) >= 11 is 0. The Labute approximate surface area is 175 Å². The van der Waals surface area contributed by atoms with Crippen molar-refractivity contribution in [3.63, 3.8) is 0 Å². The molecule has 1 amide bonds. The number of amides is 1. The van der Waals surface area contributed by atoms with Gasteiger partial charge in [0.2, 0.25) is 0 Å². The first-order valence-corrected chi connectivity index (χ1v) is 9.90. The lowest BCUT2D eigenvalue weighted by atomic mass is 10.1. The van der Waals surface area contributed by atoms with Crippen LogP contribution in [0.4, 0.5) is 5.69 Å². The molecule has 4 rings (SSSR count). The summed E-state index contributed by atoms with van der Waals surface area (Å²) in [6, 6.07) is 22.0. The fourth-order valence-corrected chi connectivity index (χ4v) is 3.60. The van der Waals surface area contributed by atoms with Gasteiger partial charge in [-0.2, -0.15) is 5.10 Å². The van der Waals surface area contributed by atoms with Crippen molar-refractivity contribution in [3.05, 3.63) is 72.3 Å². The van der Waals surface area contributed by atoms with Gasteiger partial charge in [0, 0.05) is 34.0 Å². The van der Waals surface area contributed by atoms with Crippen LogP contribution in [0.3, 0.4) is 0 Å². The third-order valence-corrected chi connectivity index (χ3v) is 5.06. The minimum atomic E-state index is -0.217. The van der Waals surface area contributed by atoms with Gasteiger partial charge in [-0.25, -0.2) is 5.43 Å². The van der Waals surface area contributed by atoms with Crippen LogP contribution in [0.2, 0.25) is 0 Å². The van der Waals surface area contributed by atoms with E-state index in [2.05, 4.69) is 63.7 Å². The number of benzene rings is 3. The highest BCUT2D eigenvalue weighted by atomic mass is 16.5. The van der Waals surface area contributed by atoms with E-state index in [1.165, 1.54) is 21.8 Å². The molecule has 1 aromatic heterocycles. The molecular formula is C24H24N4O2. The second-order valence-electron chi connectivity index (χ2n) is 6.91. The Morgan fingerprint density at radius 3 is 2.57 bits per heavy atom. The number of methoxy groups -OCH3 is 1. The molecule has 0 bridgehead atoms. The van der Waals surface area contributed by atoms with Crippen molar-refractivity contribution in [1.82, 2.24) is 9.99 Å². The summed E-state index contributed by atoms with van der Waals surface area (Å²) < 4.78 is 7.42. The summed E-state index contributed by atoms with van der Waals surface area (Å²) in [5.74, 6) is 0.555. The Morgan fingerprint density at radius 1 is 1.03 bits per heavy atom. The highest BCUT2D eigenvalue weighted by Gasteiger charge is 2.09. The predicted octanol–water partition coefficient (Wildman–Crippen LogP) is 4.39. The molecule has 0 radical (unpaired) electrons. The van der Waals surface area contributed by atoms with E-state index in [1.807, 2.05) is 30.3 Å². The molecule has 0 saturated carbocycles. The second-order valence-corrected chi connectivity index (χ2v) is 6.91. The lowest BCUT2D eigenvalue weighted by Crippen LogP contribution is -2.25. The van der Waals surface area contributed by atoms with Crippen LogP contribution in [0.25, 0.3) is 21.8 Å². The van der Waals surface area contributed by atoms with Crippen LogP contribution in [0.15, 0.2) is 71.8 Å². The van der Waals surface area contributed by atoms with Crippen LogP contribution < -0.4 is 15.5 Å². The normalized spacial score (nSPS) is 11.3. The van der Waals surface area contributed by atoms with Gasteiger partial charge in [0.15, 0.2) is 0 Å². The van der Waals surface area contributed by atoms with Crippen LogP contribution in [-0.4, -0.2) is 30.3 Å². The summed E-state index contributed by atoms with van der Waals surface area (Å²) in [7, 11) is 1.62. The summed E-state index contributed by atoms with van der Waals surface area (Å²) in [6.07, 6.45) is 1.67. The zero-order chi connectivity index (χ0) is 20.9. The number of aromatic nitrogens is 1. The van der Waals surface area contributed by atoms with E-state index in [-0.39, 0.29) is 12.5 Å². The van der Waals surface area contributed by atoms with Crippen LogP contribution in [0.5, 0.6) is 5.75 Å². The first kappa shape index (κ1) is 19.5. The molecule has 152 valence electrons. The van der Waals surface area contributed by atoms with E-state index in [0.717, 1.165) is 23.5 Å². The van der Waals surface area contributed by atoms with Gasteiger partial charge in [0.25, 0.3) is 5.91 Å². The number of nitrogens with one attached hydrogen (secondary N) is 2. The van der Waals surface area contributed by atoms with Crippen molar-refractivity contribution in [2.24, 2.45) is 5.10 Å². The number of nitrogens with zero attached hydrogens (tertiary/aromatic N) is 2. The Bertz CT molecular complexity index is 1210. The molecular weight excluding hydrogens is 376 g/mol. The number of hydrazone groups is 1. The molecule has 0 fully saturated rings. The van der Waals surface area contributed by atoms with Crippen molar-refractivity contribution in [3.8, 4) is 5.75 Å². The third kappa shape index (κ3) is 3.98. The van der Waals surface area contributed by atoms with E-state index < -0.39 is 0 Å². The smallest absolute Gasteiger partial charge is 0.259 e. The number of aryl methyl sites for hydroxylation is 1. The lowest BCUT2D eigenvalue weighted by Gasteiger charge is -2.06. The maximum Gasteiger partial charge on any atom is 0.259 e. The van der Waals surface area contributed by atoms with Gasteiger partial charge in [0.05, 0.1) is 19.9 Å². The van der Waals surface area contributed by atoms with Gasteiger partial charge >= 0.3 is 0 Å². The molecule has 0 aliphatic heterocycles. The minimum Gasteiger partial charge on any atom is -0.497 e. The molecule has 0 aliphatic carbocycles. The van der Waals surface area contributed by atoms with Gasteiger partial charge in [-0.05, 0) is 55.0 Å². The number of para-hydroxylation sites is 1. The standard InChI is InChI=1S/C24H24N4O2/c1-3-28-22-7-5-4-6-20(22)21-14-17(8-13-23(21)28)15-26-27-24(29)16-25-18-9-11-19(30-2)12-10-18/h4-15,25H,3,16H2,1-2H3,(H,27,29)/b26-15-. The third-order valence-electron chi connectivity index (χ3n) is 5.06. The topological polar surface area (TPSA) is 67.7 Å². The molecule has 4 aromatic rings. The van der Waals surface area contributed by atoms with Crippen LogP contribution in [-0.2, 0) is 11.3 Å². The fraction of sp³-hybridized carbons (Fsp3) is 0.167. The lowest BCUT2D eigenvalue weighted by molar-refractivity contribution is -0.119. The van der Waals surface area contributed by atoms with E-state index in [0.29, 0.717) is 0 Å². The highest BCUT2D eigenvalue weighted by Crippen LogP contribution is 2.29. The number of rotatable bonds is 7. The fourth-order valence-electron chi connectivity index (χ4n) is 3.60. The summed E-state index contributed by atoms with van der Waals surface area (Å²) in [6.45, 7) is 3.19. The molecule has 1 heterocycles. The molecule has 0 aliphatic rings.